The van der Waals surface area contributed by atoms with E-state index in [2.05, 4.69) is 0 Å². The van der Waals surface area contributed by atoms with Crippen LogP contribution < -0.4 is 0 Å². The summed E-state index contributed by atoms with van der Waals surface area (Å²) in [4.78, 5) is 0. The fourth-order valence-corrected chi connectivity index (χ4v) is 0. The minimum Gasteiger partial charge on any atom is -0.175 e. The Morgan fingerprint density at radius 2 is 1.75 bits per heavy atom. The molecule has 0 fully saturated rings. The zero-order valence-corrected chi connectivity index (χ0v) is 4.45. The van der Waals surface area contributed by atoms with Crippen LogP contribution in [0, 0.1) is 0 Å². The maximum absolute atomic E-state index is 4.88. The molecule has 0 aliphatic rings. The molecule has 0 saturated carbocycles. The topological polar surface area (TPSA) is 0 Å². The number of hydrogen-bond donors (Lipinski definition) is 0. The summed E-state index contributed by atoms with van der Waals surface area (Å²) in [6.07, 6.45) is 0. The van der Waals surface area contributed by atoms with Gasteiger partial charge in [-0.2, -0.15) is 8.46 Å². The Balaban J connectivity index is 0. The van der Waals surface area contributed by atoms with E-state index in [0.717, 1.165) is 0 Å². The molecule has 25 valence electrons. The Morgan fingerprint density at radius 3 is 1.75 bits per heavy atom. The van der Waals surface area contributed by atoms with Crippen molar-refractivity contribution in [2.75, 3.05) is 6.66 Å². The first kappa shape index (κ1) is 8.89. The van der Waals surface area contributed by atoms with Gasteiger partial charge in [0.25, 0.3) is 0 Å². The van der Waals surface area contributed by atoms with Crippen molar-refractivity contribution in [2.24, 2.45) is 0 Å². The van der Waals surface area contributed by atoms with Gasteiger partial charge < -0.3 is 0 Å². The molecule has 0 amide bonds. The fraction of sp³-hybridized carbons (Fsp3) is 1.00. The third-order valence-electron chi connectivity index (χ3n) is 0. The largest absolute Gasteiger partial charge is 0.175 e. The summed E-state index contributed by atoms with van der Waals surface area (Å²) in [5, 5.41) is 0. The number of hydrogen-bond acceptors (Lipinski definition) is 0. The molecule has 1 atom stereocenters. The molecule has 3 heteroatoms. The maximum Gasteiger partial charge on any atom is 0.104 e. The van der Waals surface area contributed by atoms with Gasteiger partial charge >= 0.3 is 0 Å². The average molecular weight is 117 g/mol. The summed E-state index contributed by atoms with van der Waals surface area (Å²) in [7, 11) is 5.46. The Hall–Kier alpha value is 1.00. The maximum atomic E-state index is 4.88. The van der Waals surface area contributed by atoms with E-state index in [1.54, 1.807) is 0 Å². The van der Waals surface area contributed by atoms with E-state index in [4.69, 9.17) is 7.57 Å². The van der Waals surface area contributed by atoms with E-state index in [9.17, 15) is 0 Å². The molecule has 0 nitrogen and oxygen atoms in total. The summed E-state index contributed by atoms with van der Waals surface area (Å²) in [6, 6.07) is 0. The minimum absolute atomic E-state index is 0. The molecule has 0 aliphatic heterocycles. The second-order valence-corrected chi connectivity index (χ2v) is 0.866. The quantitative estimate of drug-likeness (QED) is 0.317. The van der Waals surface area contributed by atoms with Crippen LogP contribution in [0.25, 0.3) is 0 Å². The van der Waals surface area contributed by atoms with E-state index in [0.29, 0.717) is 8.46 Å². The smallest absolute Gasteiger partial charge is 0.104 e. The zero-order valence-electron chi connectivity index (χ0n) is 2.41. The third-order valence-corrected chi connectivity index (χ3v) is 0. The summed E-state index contributed by atoms with van der Waals surface area (Å²) in [5.74, 6) is 0. The van der Waals surface area contributed by atoms with Gasteiger partial charge in [-0.3, -0.25) is 0 Å². The molecular weight excluding hydrogens is 113 g/mol. The van der Waals surface area contributed by atoms with Crippen LogP contribution in [-0.4, -0.2) is 14.2 Å². The molecular formula is CH4BCoP. The summed E-state index contributed by atoms with van der Waals surface area (Å²) in [6.45, 7) is 1.93. The summed E-state index contributed by atoms with van der Waals surface area (Å²) >= 11 is 0. The van der Waals surface area contributed by atoms with Crippen molar-refractivity contribution in [1.29, 1.82) is 0 Å². The normalized spacial score (nSPS) is 7.25. The average Bonchev–Trinajstić information content (AvgIpc) is 0.918. The molecule has 3 radical (unpaired) electrons. The molecule has 0 saturated heterocycles. The fourth-order valence-electron chi connectivity index (χ4n) is 0. The third kappa shape index (κ3) is 12.0. The van der Waals surface area contributed by atoms with Gasteiger partial charge in [0.2, 0.25) is 0 Å². The van der Waals surface area contributed by atoms with Gasteiger partial charge in [0.15, 0.2) is 0 Å². The molecule has 0 bridgehead atoms. The van der Waals surface area contributed by atoms with Crippen LogP contribution in [0.15, 0.2) is 0 Å². The van der Waals surface area contributed by atoms with Crippen molar-refractivity contribution in [1.82, 2.24) is 0 Å². The SMILES string of the molecule is [B]PC.[Co]. The van der Waals surface area contributed by atoms with E-state index in [1.807, 2.05) is 6.66 Å². The van der Waals surface area contributed by atoms with Crippen molar-refractivity contribution in [3.63, 3.8) is 0 Å². The monoisotopic (exact) mass is 117 g/mol. The number of rotatable bonds is 0. The molecule has 0 aromatic carbocycles. The Kier molecular flexibility index (Phi) is 20.0. The minimum atomic E-state index is 0. The van der Waals surface area contributed by atoms with Gasteiger partial charge in [0, 0.05) is 16.8 Å². The predicted octanol–water partition coefficient (Wildman–Crippen LogP) is 0.376. The first-order chi connectivity index (χ1) is 1.41. The van der Waals surface area contributed by atoms with Gasteiger partial charge in [-0.1, -0.05) is 6.66 Å². The van der Waals surface area contributed by atoms with E-state index < -0.39 is 0 Å². The Morgan fingerprint density at radius 1 is 1.75 bits per heavy atom. The van der Waals surface area contributed by atoms with Gasteiger partial charge in [-0.15, -0.1) is 0 Å². The van der Waals surface area contributed by atoms with Gasteiger partial charge in [-0.05, 0) is 0 Å². The van der Waals surface area contributed by atoms with Crippen molar-refractivity contribution >= 4 is 16.0 Å². The Bertz CT molecular complexity index is 8.00. The zero-order chi connectivity index (χ0) is 2.71. The molecule has 0 spiro atoms. The predicted molar refractivity (Wildman–Crippen MR) is 20.0 cm³/mol. The van der Waals surface area contributed by atoms with Crippen LogP contribution in [0.4, 0.5) is 0 Å². The Labute approximate surface area is 40.1 Å². The summed E-state index contributed by atoms with van der Waals surface area (Å²) in [5.41, 5.74) is 0. The standard InChI is InChI=1S/CH4BP.Co/c1-3-2;/h3H,1H3;. The molecule has 1 unspecified atom stereocenters. The van der Waals surface area contributed by atoms with E-state index in [1.165, 1.54) is 0 Å². The van der Waals surface area contributed by atoms with Gasteiger partial charge in [0.1, 0.15) is 7.57 Å². The molecule has 0 aromatic rings. The summed E-state index contributed by atoms with van der Waals surface area (Å²) < 4.78 is 0. The molecule has 0 N–H and O–H groups in total. The van der Waals surface area contributed by atoms with E-state index in [-0.39, 0.29) is 16.8 Å². The van der Waals surface area contributed by atoms with Crippen LogP contribution in [0.3, 0.4) is 0 Å². The van der Waals surface area contributed by atoms with E-state index >= 15 is 0 Å². The van der Waals surface area contributed by atoms with Gasteiger partial charge in [-0.25, -0.2) is 0 Å². The van der Waals surface area contributed by atoms with Gasteiger partial charge in [0.05, 0.1) is 0 Å². The molecule has 4 heavy (non-hydrogen) atoms. The van der Waals surface area contributed by atoms with Crippen molar-refractivity contribution in [2.45, 2.75) is 0 Å². The molecule has 0 aliphatic carbocycles. The van der Waals surface area contributed by atoms with Crippen LogP contribution >= 0.6 is 8.46 Å². The van der Waals surface area contributed by atoms with Crippen LogP contribution in [-0.2, 0) is 16.8 Å². The van der Waals surface area contributed by atoms with Crippen molar-refractivity contribution in [3.05, 3.63) is 0 Å². The molecule has 0 heterocycles. The molecule has 0 rings (SSSR count). The molecule has 0 aromatic heterocycles. The van der Waals surface area contributed by atoms with Crippen LogP contribution in [0.2, 0.25) is 0 Å². The van der Waals surface area contributed by atoms with Crippen molar-refractivity contribution in [3.8, 4) is 0 Å². The first-order valence-electron chi connectivity index (χ1n) is 0.789. The second-order valence-electron chi connectivity index (χ2n) is 0.289. The first-order valence-corrected chi connectivity index (χ1v) is 2.37. The second kappa shape index (κ2) is 9.00. The van der Waals surface area contributed by atoms with Crippen LogP contribution in [0.1, 0.15) is 0 Å². The van der Waals surface area contributed by atoms with Crippen LogP contribution in [0.5, 0.6) is 0 Å². The van der Waals surface area contributed by atoms with Crippen molar-refractivity contribution < 1.29 is 16.8 Å².